The number of benzene rings is 2. The number of nitrogens with two attached hydrogens (primary N) is 1. The Balaban J connectivity index is 1.47. The van der Waals surface area contributed by atoms with E-state index in [-0.39, 0.29) is 0 Å². The van der Waals surface area contributed by atoms with Gasteiger partial charge >= 0.3 is 0 Å². The van der Waals surface area contributed by atoms with Crippen LogP contribution in [-0.2, 0) is 4.74 Å². The summed E-state index contributed by atoms with van der Waals surface area (Å²) in [4.78, 5) is 9.31. The lowest BCUT2D eigenvalue weighted by atomic mass is 9.75. The molecule has 2 aromatic heterocycles. The molecule has 30 heavy (non-hydrogen) atoms. The smallest absolute Gasteiger partial charge is 0.150 e. The van der Waals surface area contributed by atoms with Crippen LogP contribution in [0.5, 0.6) is 11.5 Å². The van der Waals surface area contributed by atoms with E-state index < -0.39 is 0 Å². The monoisotopic (exact) mass is 400 g/mol. The quantitative estimate of drug-likeness (QED) is 0.498. The Hall–Kier alpha value is -3.38. The summed E-state index contributed by atoms with van der Waals surface area (Å²) in [7, 11) is 1.76. The van der Waals surface area contributed by atoms with Gasteiger partial charge in [0.25, 0.3) is 0 Å². The summed E-state index contributed by atoms with van der Waals surface area (Å²) in [6.07, 6.45) is 5.85. The number of aromatic nitrogens is 3. The fourth-order valence-electron chi connectivity index (χ4n) is 4.20. The topological polar surface area (TPSA) is 74.7 Å². The summed E-state index contributed by atoms with van der Waals surface area (Å²) in [5.41, 5.74) is 8.97. The average Bonchev–Trinajstić information content (AvgIpc) is 3.12. The zero-order valence-electron chi connectivity index (χ0n) is 16.9. The van der Waals surface area contributed by atoms with Crippen molar-refractivity contribution in [2.45, 2.75) is 18.8 Å². The lowest BCUT2D eigenvalue weighted by Crippen LogP contribution is -2.27. The number of hydrogen-bond acceptors (Lipinski definition) is 5. The van der Waals surface area contributed by atoms with Gasteiger partial charge in [-0.05, 0) is 55.2 Å². The standard InChI is InChI=1S/C24H24N4O2/c1-29-15-16-13-18(14-16)24-27-21(22-23(25)26-11-12-28(22)24)17-7-9-20(10-8-17)30-19-5-3-2-4-6-19/h2-12,16,18H,13-15H2,1H3,(H2,25,26). The van der Waals surface area contributed by atoms with Crippen LogP contribution in [0.2, 0.25) is 0 Å². The van der Waals surface area contributed by atoms with Gasteiger partial charge in [-0.1, -0.05) is 18.2 Å². The molecule has 0 spiro atoms. The number of rotatable bonds is 6. The van der Waals surface area contributed by atoms with Gasteiger partial charge in [0.15, 0.2) is 0 Å². The van der Waals surface area contributed by atoms with Crippen LogP contribution in [0.4, 0.5) is 5.82 Å². The molecule has 1 saturated carbocycles. The third-order valence-corrected chi connectivity index (χ3v) is 5.72. The zero-order valence-corrected chi connectivity index (χ0v) is 16.9. The number of para-hydroxylation sites is 1. The first kappa shape index (κ1) is 18.6. The largest absolute Gasteiger partial charge is 0.457 e. The average molecular weight is 400 g/mol. The fourth-order valence-corrected chi connectivity index (χ4v) is 4.20. The zero-order chi connectivity index (χ0) is 20.5. The molecule has 2 N–H and O–H groups in total. The van der Waals surface area contributed by atoms with Crippen LogP contribution in [0, 0.1) is 5.92 Å². The summed E-state index contributed by atoms with van der Waals surface area (Å²) < 4.78 is 13.3. The number of nitrogens with zero attached hydrogens (tertiary/aromatic N) is 3. The Morgan fingerprint density at radius 2 is 1.77 bits per heavy atom. The van der Waals surface area contributed by atoms with E-state index in [2.05, 4.69) is 9.38 Å². The molecule has 1 aliphatic rings. The number of hydrogen-bond donors (Lipinski definition) is 1. The minimum Gasteiger partial charge on any atom is -0.457 e. The van der Waals surface area contributed by atoms with Crippen molar-refractivity contribution in [3.8, 4) is 22.8 Å². The molecule has 6 heteroatoms. The number of anilines is 1. The molecule has 0 bridgehead atoms. The van der Waals surface area contributed by atoms with E-state index in [4.69, 9.17) is 20.2 Å². The Bertz CT molecular complexity index is 1150. The molecule has 1 fully saturated rings. The van der Waals surface area contributed by atoms with Gasteiger partial charge in [-0.3, -0.25) is 4.40 Å². The second kappa shape index (κ2) is 7.80. The minimum absolute atomic E-state index is 0.411. The van der Waals surface area contributed by atoms with Gasteiger partial charge in [0.05, 0.1) is 0 Å². The lowest BCUT2D eigenvalue weighted by Gasteiger charge is -2.33. The van der Waals surface area contributed by atoms with Crippen LogP contribution in [0.25, 0.3) is 16.8 Å². The van der Waals surface area contributed by atoms with Gasteiger partial charge in [-0.25, -0.2) is 9.97 Å². The van der Waals surface area contributed by atoms with Crippen LogP contribution in [-0.4, -0.2) is 28.1 Å². The Morgan fingerprint density at radius 1 is 1.03 bits per heavy atom. The molecule has 1 aliphatic carbocycles. The van der Waals surface area contributed by atoms with Crippen molar-refractivity contribution in [3.05, 3.63) is 72.8 Å². The van der Waals surface area contributed by atoms with Crippen LogP contribution in [0.3, 0.4) is 0 Å². The van der Waals surface area contributed by atoms with Crippen molar-refractivity contribution in [2.75, 3.05) is 19.5 Å². The molecule has 0 atom stereocenters. The highest BCUT2D eigenvalue weighted by Crippen LogP contribution is 2.43. The summed E-state index contributed by atoms with van der Waals surface area (Å²) >= 11 is 0. The summed E-state index contributed by atoms with van der Waals surface area (Å²) in [6, 6.07) is 17.7. The predicted octanol–water partition coefficient (Wildman–Crippen LogP) is 4.91. The molecular weight excluding hydrogens is 376 g/mol. The first-order valence-corrected chi connectivity index (χ1v) is 10.2. The maximum absolute atomic E-state index is 6.26. The lowest BCUT2D eigenvalue weighted by molar-refractivity contribution is 0.0957. The van der Waals surface area contributed by atoms with Crippen molar-refractivity contribution >= 4 is 11.3 Å². The Kier molecular flexibility index (Phi) is 4.85. The normalized spacial score (nSPS) is 18.3. The van der Waals surface area contributed by atoms with Gasteiger partial charge in [0.1, 0.15) is 34.4 Å². The third kappa shape index (κ3) is 3.39. The molecule has 0 unspecified atom stereocenters. The predicted molar refractivity (Wildman–Crippen MR) is 117 cm³/mol. The van der Waals surface area contributed by atoms with Gasteiger partial charge in [0.2, 0.25) is 0 Å². The molecule has 0 saturated heterocycles. The highest BCUT2D eigenvalue weighted by Gasteiger charge is 2.34. The van der Waals surface area contributed by atoms with E-state index in [1.54, 1.807) is 13.3 Å². The molecule has 0 aliphatic heterocycles. The molecule has 5 rings (SSSR count). The van der Waals surface area contributed by atoms with Crippen LogP contribution in [0.1, 0.15) is 24.6 Å². The number of imidazole rings is 1. The number of methoxy groups -OCH3 is 1. The first-order valence-electron chi connectivity index (χ1n) is 10.2. The molecule has 6 nitrogen and oxygen atoms in total. The van der Waals surface area contributed by atoms with E-state index in [1.807, 2.05) is 60.8 Å². The molecule has 0 amide bonds. The highest BCUT2D eigenvalue weighted by molar-refractivity contribution is 5.85. The van der Waals surface area contributed by atoms with Crippen LogP contribution < -0.4 is 10.5 Å². The molecule has 2 heterocycles. The van der Waals surface area contributed by atoms with E-state index in [9.17, 15) is 0 Å². The SMILES string of the molecule is COCC1CC(c2nc(-c3ccc(Oc4ccccc4)cc3)c3c(N)nccn23)C1. The van der Waals surface area contributed by atoms with E-state index in [1.165, 1.54) is 0 Å². The van der Waals surface area contributed by atoms with Gasteiger partial charge < -0.3 is 15.2 Å². The fraction of sp³-hybridized carbons (Fsp3) is 0.250. The van der Waals surface area contributed by atoms with Crippen molar-refractivity contribution in [2.24, 2.45) is 5.92 Å². The number of fused-ring (bicyclic) bond motifs is 1. The van der Waals surface area contributed by atoms with Crippen molar-refractivity contribution in [1.29, 1.82) is 0 Å². The van der Waals surface area contributed by atoms with E-state index in [0.29, 0.717) is 17.7 Å². The number of ether oxygens (including phenoxy) is 2. The van der Waals surface area contributed by atoms with E-state index >= 15 is 0 Å². The van der Waals surface area contributed by atoms with Gasteiger partial charge in [-0.2, -0.15) is 0 Å². The Labute approximate surface area is 175 Å². The van der Waals surface area contributed by atoms with Crippen LogP contribution >= 0.6 is 0 Å². The third-order valence-electron chi connectivity index (χ3n) is 5.72. The second-order valence-corrected chi connectivity index (χ2v) is 7.78. The molecule has 152 valence electrons. The van der Waals surface area contributed by atoms with E-state index in [0.717, 1.165) is 53.5 Å². The maximum Gasteiger partial charge on any atom is 0.150 e. The van der Waals surface area contributed by atoms with Gasteiger partial charge in [0, 0.05) is 37.6 Å². The Morgan fingerprint density at radius 3 is 2.50 bits per heavy atom. The molecule has 4 aromatic rings. The van der Waals surface area contributed by atoms with Crippen LogP contribution in [0.15, 0.2) is 67.0 Å². The van der Waals surface area contributed by atoms with Crippen molar-refractivity contribution in [3.63, 3.8) is 0 Å². The van der Waals surface area contributed by atoms with Crippen molar-refractivity contribution in [1.82, 2.24) is 14.4 Å². The van der Waals surface area contributed by atoms with Crippen molar-refractivity contribution < 1.29 is 9.47 Å². The number of nitrogen functional groups attached to an aromatic ring is 1. The molecule has 2 aromatic carbocycles. The maximum atomic E-state index is 6.26. The highest BCUT2D eigenvalue weighted by atomic mass is 16.5. The summed E-state index contributed by atoms with van der Waals surface area (Å²) in [6.45, 7) is 0.805. The minimum atomic E-state index is 0.411. The molecule has 0 radical (unpaired) electrons. The first-order chi connectivity index (χ1) is 14.7. The van der Waals surface area contributed by atoms with Gasteiger partial charge in [-0.15, -0.1) is 0 Å². The summed E-state index contributed by atoms with van der Waals surface area (Å²) in [5.74, 6) is 4.14. The molecular formula is C24H24N4O2. The summed E-state index contributed by atoms with van der Waals surface area (Å²) in [5, 5.41) is 0. The second-order valence-electron chi connectivity index (χ2n) is 7.78.